The van der Waals surface area contributed by atoms with Gasteiger partial charge in [0.1, 0.15) is 0 Å². The Morgan fingerprint density at radius 3 is 2.67 bits per heavy atom. The minimum absolute atomic E-state index is 0.0598. The third-order valence-corrected chi connectivity index (χ3v) is 4.39. The van der Waals surface area contributed by atoms with Crippen molar-refractivity contribution in [3.8, 4) is 0 Å². The molecular weight excluding hydrogens is 252 g/mol. The lowest BCUT2D eigenvalue weighted by molar-refractivity contribution is 0.100. The molecule has 1 aromatic carbocycles. The van der Waals surface area contributed by atoms with E-state index in [4.69, 9.17) is 5.73 Å². The summed E-state index contributed by atoms with van der Waals surface area (Å²) < 4.78 is 22.9. The monoisotopic (exact) mass is 270 g/mol. The summed E-state index contributed by atoms with van der Waals surface area (Å²) in [6, 6.07) is 6.46. The summed E-state index contributed by atoms with van der Waals surface area (Å²) in [4.78, 5) is 11.0. The van der Waals surface area contributed by atoms with Crippen LogP contribution in [-0.2, 0) is 9.84 Å². The fourth-order valence-electron chi connectivity index (χ4n) is 1.59. The molecule has 100 valence electrons. The molecule has 1 amide bonds. The highest BCUT2D eigenvalue weighted by Crippen LogP contribution is 2.12. The van der Waals surface area contributed by atoms with Gasteiger partial charge in [0.15, 0.2) is 9.84 Å². The van der Waals surface area contributed by atoms with Gasteiger partial charge in [0.25, 0.3) is 0 Å². The van der Waals surface area contributed by atoms with Crippen LogP contribution in [0.2, 0.25) is 0 Å². The van der Waals surface area contributed by atoms with E-state index in [1.54, 1.807) is 38.1 Å². The number of hydrogen-bond donors (Lipinski definition) is 2. The quantitative estimate of drug-likeness (QED) is 0.807. The normalized spacial score (nSPS) is 13.0. The second-order valence-corrected chi connectivity index (χ2v) is 6.59. The Kier molecular flexibility index (Phi) is 4.72. The van der Waals surface area contributed by atoms with Crippen LogP contribution in [0, 0.1) is 0 Å². The molecule has 5 nitrogen and oxygen atoms in total. The first kappa shape index (κ1) is 14.5. The van der Waals surface area contributed by atoms with Crippen LogP contribution >= 0.6 is 0 Å². The largest absolute Gasteiger partial charge is 0.382 e. The first-order valence-corrected chi connectivity index (χ1v) is 7.53. The molecule has 18 heavy (non-hydrogen) atoms. The predicted molar refractivity (Wildman–Crippen MR) is 72.4 cm³/mol. The third kappa shape index (κ3) is 4.37. The molecule has 0 saturated carbocycles. The van der Waals surface area contributed by atoms with Gasteiger partial charge in [-0.1, -0.05) is 13.0 Å². The summed E-state index contributed by atoms with van der Waals surface area (Å²) in [5, 5.41) is 3.04. The molecule has 0 radical (unpaired) electrons. The highest BCUT2D eigenvalue weighted by molar-refractivity contribution is 7.91. The topological polar surface area (TPSA) is 89.3 Å². The number of amides is 1. The van der Waals surface area contributed by atoms with Crippen LogP contribution in [0.15, 0.2) is 24.3 Å². The van der Waals surface area contributed by atoms with Gasteiger partial charge in [-0.3, -0.25) is 4.79 Å². The van der Waals surface area contributed by atoms with E-state index < -0.39 is 15.7 Å². The van der Waals surface area contributed by atoms with Gasteiger partial charge in [-0.25, -0.2) is 8.42 Å². The zero-order valence-electron chi connectivity index (χ0n) is 10.5. The van der Waals surface area contributed by atoms with E-state index in [1.807, 2.05) is 0 Å². The number of hydrogen-bond acceptors (Lipinski definition) is 4. The average Bonchev–Trinajstić information content (AvgIpc) is 2.28. The van der Waals surface area contributed by atoms with E-state index in [0.29, 0.717) is 11.3 Å². The molecule has 0 spiro atoms. The molecule has 1 rings (SSSR count). The lowest BCUT2D eigenvalue weighted by Crippen LogP contribution is -2.26. The van der Waals surface area contributed by atoms with E-state index in [0.717, 1.165) is 0 Å². The first-order valence-electron chi connectivity index (χ1n) is 5.71. The molecule has 0 aliphatic heterocycles. The lowest BCUT2D eigenvalue weighted by atomic mass is 10.2. The maximum absolute atomic E-state index is 11.5. The Morgan fingerprint density at radius 2 is 2.11 bits per heavy atom. The van der Waals surface area contributed by atoms with Crippen molar-refractivity contribution in [1.29, 1.82) is 0 Å². The van der Waals surface area contributed by atoms with Crippen LogP contribution < -0.4 is 11.1 Å². The molecule has 1 aromatic rings. The minimum atomic E-state index is -3.02. The number of sulfone groups is 1. The number of benzene rings is 1. The number of carbonyl (C=O) groups is 1. The Hall–Kier alpha value is -1.56. The molecule has 1 atom stereocenters. The van der Waals surface area contributed by atoms with Crippen molar-refractivity contribution < 1.29 is 13.2 Å². The van der Waals surface area contributed by atoms with Gasteiger partial charge in [0, 0.05) is 23.0 Å². The van der Waals surface area contributed by atoms with Crippen LogP contribution in [0.1, 0.15) is 24.2 Å². The van der Waals surface area contributed by atoms with Gasteiger partial charge in [0.05, 0.1) is 5.75 Å². The number of anilines is 1. The van der Waals surface area contributed by atoms with E-state index in [9.17, 15) is 13.2 Å². The summed E-state index contributed by atoms with van der Waals surface area (Å²) in [6.07, 6.45) is 0. The second kappa shape index (κ2) is 5.86. The summed E-state index contributed by atoms with van der Waals surface area (Å²) in [6.45, 7) is 3.40. The van der Waals surface area contributed by atoms with Crippen molar-refractivity contribution in [2.75, 3.05) is 16.8 Å². The van der Waals surface area contributed by atoms with Crippen molar-refractivity contribution in [3.05, 3.63) is 29.8 Å². The molecule has 0 saturated heterocycles. The van der Waals surface area contributed by atoms with E-state index in [1.165, 1.54) is 0 Å². The Bertz CT molecular complexity index is 526. The van der Waals surface area contributed by atoms with Crippen molar-refractivity contribution >= 4 is 21.4 Å². The van der Waals surface area contributed by atoms with E-state index in [2.05, 4.69) is 5.32 Å². The zero-order chi connectivity index (χ0) is 13.8. The van der Waals surface area contributed by atoms with Gasteiger partial charge in [-0.2, -0.15) is 0 Å². The van der Waals surface area contributed by atoms with Crippen molar-refractivity contribution in [2.45, 2.75) is 19.9 Å². The molecule has 1 unspecified atom stereocenters. The minimum Gasteiger partial charge on any atom is -0.382 e. The highest BCUT2D eigenvalue weighted by Gasteiger charge is 2.13. The summed E-state index contributed by atoms with van der Waals surface area (Å²) in [5.41, 5.74) is 6.25. The molecule has 0 aromatic heterocycles. The Labute approximate surface area is 107 Å². The maximum Gasteiger partial charge on any atom is 0.248 e. The Balaban J connectivity index is 2.73. The number of nitrogens with one attached hydrogen (secondary N) is 1. The van der Waals surface area contributed by atoms with Gasteiger partial charge in [-0.15, -0.1) is 0 Å². The van der Waals surface area contributed by atoms with Crippen LogP contribution in [0.5, 0.6) is 0 Å². The van der Waals surface area contributed by atoms with E-state index >= 15 is 0 Å². The molecular formula is C12H18N2O3S. The molecule has 3 N–H and O–H groups in total. The third-order valence-electron chi connectivity index (χ3n) is 2.50. The smallest absolute Gasteiger partial charge is 0.248 e. The summed E-state index contributed by atoms with van der Waals surface area (Å²) in [7, 11) is -3.02. The SMILES string of the molecule is CCS(=O)(=O)CC(C)Nc1cccc(C(N)=O)c1. The van der Waals surface area contributed by atoms with Crippen LogP contribution in [0.25, 0.3) is 0 Å². The standard InChI is InChI=1S/C12H18N2O3S/c1-3-18(16,17)8-9(2)14-11-6-4-5-10(7-11)12(13)15/h4-7,9,14H,3,8H2,1-2H3,(H2,13,15). The predicted octanol–water partition coefficient (Wildman–Crippen LogP) is 1.02. The van der Waals surface area contributed by atoms with Crippen molar-refractivity contribution in [1.82, 2.24) is 0 Å². The first-order chi connectivity index (χ1) is 8.34. The molecule has 0 fully saturated rings. The molecule has 0 aliphatic rings. The van der Waals surface area contributed by atoms with Crippen LogP contribution in [0.4, 0.5) is 5.69 Å². The fourth-order valence-corrected chi connectivity index (χ4v) is 2.67. The van der Waals surface area contributed by atoms with Gasteiger partial charge in [0.2, 0.25) is 5.91 Å². The van der Waals surface area contributed by atoms with Gasteiger partial charge < -0.3 is 11.1 Å². The molecule has 6 heteroatoms. The molecule has 0 bridgehead atoms. The van der Waals surface area contributed by atoms with Crippen molar-refractivity contribution in [3.63, 3.8) is 0 Å². The highest BCUT2D eigenvalue weighted by atomic mass is 32.2. The lowest BCUT2D eigenvalue weighted by Gasteiger charge is -2.15. The van der Waals surface area contributed by atoms with Gasteiger partial charge in [-0.05, 0) is 25.1 Å². The molecule has 0 heterocycles. The number of rotatable bonds is 6. The zero-order valence-corrected chi connectivity index (χ0v) is 11.3. The fraction of sp³-hybridized carbons (Fsp3) is 0.417. The van der Waals surface area contributed by atoms with Crippen LogP contribution in [0.3, 0.4) is 0 Å². The molecule has 0 aliphatic carbocycles. The summed E-state index contributed by atoms with van der Waals surface area (Å²) >= 11 is 0. The summed E-state index contributed by atoms with van der Waals surface area (Å²) in [5.74, 6) is -0.322. The van der Waals surface area contributed by atoms with E-state index in [-0.39, 0.29) is 17.5 Å². The number of nitrogens with two attached hydrogens (primary N) is 1. The van der Waals surface area contributed by atoms with Gasteiger partial charge >= 0.3 is 0 Å². The van der Waals surface area contributed by atoms with Crippen molar-refractivity contribution in [2.24, 2.45) is 5.73 Å². The maximum atomic E-state index is 11.5. The Morgan fingerprint density at radius 1 is 1.44 bits per heavy atom. The van der Waals surface area contributed by atoms with Crippen LogP contribution in [-0.4, -0.2) is 31.9 Å². The number of carbonyl (C=O) groups excluding carboxylic acids is 1. The number of primary amides is 1. The average molecular weight is 270 g/mol. The second-order valence-electron chi connectivity index (χ2n) is 4.19.